The van der Waals surface area contributed by atoms with Crippen LogP contribution in [0.4, 0.5) is 4.79 Å². The first kappa shape index (κ1) is 15.0. The van der Waals surface area contributed by atoms with Gasteiger partial charge in [0.25, 0.3) is 0 Å². The highest BCUT2D eigenvalue weighted by Crippen LogP contribution is 2.04. The number of amides is 2. The molecule has 2 N–H and O–H groups in total. The van der Waals surface area contributed by atoms with Crippen molar-refractivity contribution in [3.63, 3.8) is 0 Å². The van der Waals surface area contributed by atoms with Crippen molar-refractivity contribution in [2.75, 3.05) is 13.1 Å². The fraction of sp³-hybridized carbons (Fsp3) is 0.429. The number of rotatable bonds is 6. The molecule has 5 heteroatoms. The molecule has 0 fully saturated rings. The minimum atomic E-state index is -1.02. The van der Waals surface area contributed by atoms with Gasteiger partial charge in [0.15, 0.2) is 0 Å². The maximum absolute atomic E-state index is 11.9. The maximum Gasteiger partial charge on any atom is 0.326 e. The summed E-state index contributed by atoms with van der Waals surface area (Å²) in [4.78, 5) is 24.6. The maximum atomic E-state index is 11.9. The molecule has 1 aromatic carbocycles. The summed E-state index contributed by atoms with van der Waals surface area (Å²) in [7, 11) is 0. The molecule has 1 aromatic rings. The van der Waals surface area contributed by atoms with Gasteiger partial charge in [-0.3, -0.25) is 0 Å². The Balaban J connectivity index is 2.69. The third-order valence-corrected chi connectivity index (χ3v) is 2.93. The monoisotopic (exact) mass is 264 g/mol. The standard InChI is InChI=1S/C14H20N2O3/c1-3-16(4-2)14(19)15-12(13(17)18)10-11-8-6-5-7-9-11/h5-9,12H,3-4,10H2,1-2H3,(H,15,19)(H,17,18)/t12-/m0/s1. The summed E-state index contributed by atoms with van der Waals surface area (Å²) in [5.74, 6) is -1.02. The molecule has 0 unspecified atom stereocenters. The predicted octanol–water partition coefficient (Wildman–Crippen LogP) is 1.73. The zero-order chi connectivity index (χ0) is 14.3. The summed E-state index contributed by atoms with van der Waals surface area (Å²) >= 11 is 0. The molecule has 0 aliphatic heterocycles. The topological polar surface area (TPSA) is 69.6 Å². The van der Waals surface area contributed by atoms with Crippen LogP contribution in [-0.4, -0.2) is 41.1 Å². The van der Waals surface area contributed by atoms with Crippen molar-refractivity contribution in [2.45, 2.75) is 26.3 Å². The van der Waals surface area contributed by atoms with Gasteiger partial charge in [0.1, 0.15) is 6.04 Å². The van der Waals surface area contributed by atoms with Crippen LogP contribution in [0.25, 0.3) is 0 Å². The Morgan fingerprint density at radius 2 is 1.79 bits per heavy atom. The summed E-state index contributed by atoms with van der Waals surface area (Å²) in [6.07, 6.45) is 0.281. The predicted molar refractivity (Wildman–Crippen MR) is 73.0 cm³/mol. The van der Waals surface area contributed by atoms with Crippen LogP contribution in [0.15, 0.2) is 30.3 Å². The lowest BCUT2D eigenvalue weighted by Crippen LogP contribution is -2.48. The van der Waals surface area contributed by atoms with E-state index in [0.717, 1.165) is 5.56 Å². The summed E-state index contributed by atoms with van der Waals surface area (Å²) in [6, 6.07) is 8.01. The van der Waals surface area contributed by atoms with Gasteiger partial charge in [0, 0.05) is 19.5 Å². The Labute approximate surface area is 113 Å². The first-order valence-electron chi connectivity index (χ1n) is 6.40. The zero-order valence-electron chi connectivity index (χ0n) is 11.3. The van der Waals surface area contributed by atoms with Gasteiger partial charge in [-0.1, -0.05) is 30.3 Å². The number of carbonyl (C=O) groups is 2. The molecule has 19 heavy (non-hydrogen) atoms. The number of hydrogen-bond acceptors (Lipinski definition) is 2. The van der Waals surface area contributed by atoms with Crippen LogP contribution in [0.5, 0.6) is 0 Å². The molecule has 0 saturated heterocycles. The largest absolute Gasteiger partial charge is 0.480 e. The minimum absolute atomic E-state index is 0.281. The molecule has 1 rings (SSSR count). The average Bonchev–Trinajstić information content (AvgIpc) is 2.40. The third kappa shape index (κ3) is 4.62. The Kier molecular flexibility index (Phi) is 5.85. The first-order chi connectivity index (χ1) is 9.08. The van der Waals surface area contributed by atoms with Crippen LogP contribution >= 0.6 is 0 Å². The quantitative estimate of drug-likeness (QED) is 0.822. The number of nitrogens with one attached hydrogen (secondary N) is 1. The van der Waals surface area contributed by atoms with Gasteiger partial charge >= 0.3 is 12.0 Å². The Morgan fingerprint density at radius 3 is 2.26 bits per heavy atom. The van der Waals surface area contributed by atoms with Crippen molar-refractivity contribution in [2.24, 2.45) is 0 Å². The summed E-state index contributed by atoms with van der Waals surface area (Å²) in [5.41, 5.74) is 0.884. The first-order valence-corrected chi connectivity index (χ1v) is 6.40. The number of carboxylic acid groups (broad SMARTS) is 1. The molecule has 0 aliphatic carbocycles. The van der Waals surface area contributed by atoms with E-state index in [1.54, 1.807) is 4.90 Å². The highest BCUT2D eigenvalue weighted by atomic mass is 16.4. The van der Waals surface area contributed by atoms with Gasteiger partial charge in [-0.25, -0.2) is 9.59 Å². The minimum Gasteiger partial charge on any atom is -0.480 e. The molecule has 0 spiro atoms. The van der Waals surface area contributed by atoms with E-state index in [1.165, 1.54) is 0 Å². The van der Waals surface area contributed by atoms with Gasteiger partial charge in [0.05, 0.1) is 0 Å². The van der Waals surface area contributed by atoms with E-state index in [0.29, 0.717) is 13.1 Å². The van der Waals surface area contributed by atoms with Crippen molar-refractivity contribution < 1.29 is 14.7 Å². The molecule has 104 valence electrons. The van der Waals surface area contributed by atoms with Crippen molar-refractivity contribution in [3.8, 4) is 0 Å². The molecule has 0 aromatic heterocycles. The van der Waals surface area contributed by atoms with Gasteiger partial charge < -0.3 is 15.3 Å². The summed E-state index contributed by atoms with van der Waals surface area (Å²) in [6.45, 7) is 4.83. The number of nitrogens with zero attached hydrogens (tertiary/aromatic N) is 1. The van der Waals surface area contributed by atoms with Crippen LogP contribution in [0.3, 0.4) is 0 Å². The van der Waals surface area contributed by atoms with Gasteiger partial charge in [-0.05, 0) is 19.4 Å². The number of carbonyl (C=O) groups excluding carboxylic acids is 1. The summed E-state index contributed by atoms with van der Waals surface area (Å²) < 4.78 is 0. The number of urea groups is 1. The molecule has 0 bridgehead atoms. The Hall–Kier alpha value is -2.04. The smallest absolute Gasteiger partial charge is 0.326 e. The lowest BCUT2D eigenvalue weighted by atomic mass is 10.1. The third-order valence-electron chi connectivity index (χ3n) is 2.93. The summed E-state index contributed by atoms with van der Waals surface area (Å²) in [5, 5.41) is 11.7. The zero-order valence-corrected chi connectivity index (χ0v) is 11.3. The second kappa shape index (κ2) is 7.41. The number of aliphatic carboxylic acids is 1. The van der Waals surface area contributed by atoms with Crippen LogP contribution in [0.1, 0.15) is 19.4 Å². The van der Waals surface area contributed by atoms with E-state index in [9.17, 15) is 14.7 Å². The van der Waals surface area contributed by atoms with Gasteiger partial charge in [-0.2, -0.15) is 0 Å². The van der Waals surface area contributed by atoms with Crippen molar-refractivity contribution in [1.82, 2.24) is 10.2 Å². The van der Waals surface area contributed by atoms with Crippen molar-refractivity contribution in [3.05, 3.63) is 35.9 Å². The molecule has 0 aliphatic rings. The highest BCUT2D eigenvalue weighted by Gasteiger charge is 2.22. The normalized spacial score (nSPS) is 11.7. The number of carboxylic acids is 1. The molecular formula is C14H20N2O3. The van der Waals surface area contributed by atoms with Crippen LogP contribution in [-0.2, 0) is 11.2 Å². The second-order valence-electron chi connectivity index (χ2n) is 4.20. The average molecular weight is 264 g/mol. The van der Waals surface area contributed by atoms with Crippen molar-refractivity contribution >= 4 is 12.0 Å². The molecule has 0 saturated carbocycles. The van der Waals surface area contributed by atoms with E-state index < -0.39 is 12.0 Å². The van der Waals surface area contributed by atoms with Crippen LogP contribution in [0, 0.1) is 0 Å². The molecule has 2 amide bonds. The van der Waals surface area contributed by atoms with Gasteiger partial charge in [-0.15, -0.1) is 0 Å². The SMILES string of the molecule is CCN(CC)C(=O)N[C@@H](Cc1ccccc1)C(=O)O. The fourth-order valence-electron chi connectivity index (χ4n) is 1.80. The van der Waals surface area contributed by atoms with E-state index in [2.05, 4.69) is 5.32 Å². The van der Waals surface area contributed by atoms with E-state index in [1.807, 2.05) is 44.2 Å². The van der Waals surface area contributed by atoms with E-state index >= 15 is 0 Å². The van der Waals surface area contributed by atoms with Crippen LogP contribution in [0.2, 0.25) is 0 Å². The second-order valence-corrected chi connectivity index (χ2v) is 4.20. The molecule has 0 radical (unpaired) electrons. The lowest BCUT2D eigenvalue weighted by Gasteiger charge is -2.22. The Bertz CT molecular complexity index is 416. The number of benzene rings is 1. The van der Waals surface area contributed by atoms with Crippen LogP contribution < -0.4 is 5.32 Å². The fourth-order valence-corrected chi connectivity index (χ4v) is 1.80. The lowest BCUT2D eigenvalue weighted by molar-refractivity contribution is -0.139. The van der Waals surface area contributed by atoms with E-state index in [-0.39, 0.29) is 12.5 Å². The Morgan fingerprint density at radius 1 is 1.21 bits per heavy atom. The van der Waals surface area contributed by atoms with Crippen molar-refractivity contribution in [1.29, 1.82) is 0 Å². The van der Waals surface area contributed by atoms with E-state index in [4.69, 9.17) is 0 Å². The highest BCUT2D eigenvalue weighted by molar-refractivity contribution is 5.82. The molecular weight excluding hydrogens is 244 g/mol. The molecule has 5 nitrogen and oxygen atoms in total. The number of hydrogen-bond donors (Lipinski definition) is 2. The van der Waals surface area contributed by atoms with Gasteiger partial charge in [0.2, 0.25) is 0 Å². The molecule has 0 heterocycles. The molecule has 1 atom stereocenters.